The Morgan fingerprint density at radius 1 is 0.927 bits per heavy atom. The van der Waals surface area contributed by atoms with Crippen molar-refractivity contribution in [1.82, 2.24) is 9.80 Å². The molecule has 1 heterocycles. The van der Waals surface area contributed by atoms with Crippen molar-refractivity contribution in [2.75, 3.05) is 13.1 Å². The van der Waals surface area contributed by atoms with Crippen molar-refractivity contribution in [3.63, 3.8) is 0 Å². The minimum Gasteiger partial charge on any atom is -0.390 e. The van der Waals surface area contributed by atoms with Gasteiger partial charge in [0.05, 0.1) is 17.2 Å². The fraction of sp³-hybridized carbons (Fsp3) is 0.344. The smallest absolute Gasteiger partial charge is 0.261 e. The number of fused-ring (bicyclic) bond motifs is 1. The van der Waals surface area contributed by atoms with Gasteiger partial charge < -0.3 is 15.7 Å². The number of carbonyl (C=O) groups is 3. The Labute approximate surface area is 238 Å². The maximum atomic E-state index is 13.8. The van der Waals surface area contributed by atoms with Gasteiger partial charge in [-0.2, -0.15) is 0 Å². The zero-order valence-electron chi connectivity index (χ0n) is 23.4. The zero-order valence-corrected chi connectivity index (χ0v) is 23.4. The first-order valence-electron chi connectivity index (χ1n) is 13.7. The van der Waals surface area contributed by atoms with Gasteiger partial charge in [-0.1, -0.05) is 45.0 Å². The summed E-state index contributed by atoms with van der Waals surface area (Å²) in [5.41, 5.74) is 9.02. The number of benzene rings is 3. The number of hydrogen-bond acceptors (Lipinski definition) is 5. The Bertz CT molecular complexity index is 1440. The van der Waals surface area contributed by atoms with Gasteiger partial charge in [-0.15, -0.1) is 0 Å². The van der Waals surface area contributed by atoms with Crippen molar-refractivity contribution >= 4 is 17.7 Å². The van der Waals surface area contributed by atoms with Crippen LogP contribution in [0.2, 0.25) is 0 Å². The molecule has 9 heteroatoms. The van der Waals surface area contributed by atoms with E-state index in [0.29, 0.717) is 0 Å². The molecule has 0 fully saturated rings. The first-order chi connectivity index (χ1) is 19.5. The van der Waals surface area contributed by atoms with E-state index in [2.05, 4.69) is 0 Å². The molecule has 7 nitrogen and oxygen atoms in total. The van der Waals surface area contributed by atoms with Gasteiger partial charge in [-0.3, -0.25) is 19.3 Å². The Kier molecular flexibility index (Phi) is 9.30. The van der Waals surface area contributed by atoms with Gasteiger partial charge in [0.2, 0.25) is 0 Å². The van der Waals surface area contributed by atoms with Gasteiger partial charge in [-0.05, 0) is 65.8 Å². The van der Waals surface area contributed by atoms with Gasteiger partial charge in [0, 0.05) is 37.3 Å². The molecule has 3 amide bonds. The number of amides is 3. The molecule has 3 N–H and O–H groups in total. The highest BCUT2D eigenvalue weighted by Crippen LogP contribution is 2.26. The van der Waals surface area contributed by atoms with Gasteiger partial charge in [0.1, 0.15) is 11.6 Å². The van der Waals surface area contributed by atoms with Gasteiger partial charge in [-0.25, -0.2) is 8.78 Å². The summed E-state index contributed by atoms with van der Waals surface area (Å²) in [7, 11) is 0. The monoisotopic (exact) mass is 563 g/mol. The predicted molar refractivity (Wildman–Crippen MR) is 151 cm³/mol. The summed E-state index contributed by atoms with van der Waals surface area (Å²) >= 11 is 0. The molecule has 0 aliphatic carbocycles. The highest BCUT2D eigenvalue weighted by atomic mass is 19.1. The number of hydrogen-bond donors (Lipinski definition) is 2. The molecule has 4 rings (SSSR count). The van der Waals surface area contributed by atoms with E-state index in [1.54, 1.807) is 0 Å². The van der Waals surface area contributed by atoms with Crippen LogP contribution in [0, 0.1) is 17.6 Å². The molecule has 1 aliphatic rings. The van der Waals surface area contributed by atoms with Crippen molar-refractivity contribution in [2.24, 2.45) is 11.7 Å². The number of nitrogens with two attached hydrogens (primary N) is 1. The summed E-state index contributed by atoms with van der Waals surface area (Å²) in [4.78, 5) is 42.2. The number of aryl methyl sites for hydroxylation is 1. The summed E-state index contributed by atoms with van der Waals surface area (Å²) in [5.74, 6) is -2.69. The number of rotatable bonds is 11. The van der Waals surface area contributed by atoms with E-state index < -0.39 is 35.6 Å². The van der Waals surface area contributed by atoms with E-state index in [1.165, 1.54) is 28.0 Å². The van der Waals surface area contributed by atoms with Gasteiger partial charge >= 0.3 is 0 Å². The highest BCUT2D eigenvalue weighted by molar-refractivity contribution is 6.22. The Morgan fingerprint density at radius 3 is 2.24 bits per heavy atom. The first-order valence-corrected chi connectivity index (χ1v) is 13.7. The standard InChI is InChI=1S/C32H35F2N3O4/c1-4-20-6-5-7-21(10-20)17-36(18-29(38)28(35)13-22-11-24(33)15-25(34)12-22)30(39)23-8-9-26-27(14-23)32(41)37(31(26)40)16-19(2)3/h5-12,14-15,19,28-29,38H,4,13,16-18,35H2,1-3H3. The fourth-order valence-corrected chi connectivity index (χ4v) is 5.02. The fourth-order valence-electron chi connectivity index (χ4n) is 5.02. The minimum atomic E-state index is -1.22. The molecule has 0 saturated heterocycles. The van der Waals surface area contributed by atoms with E-state index in [1.807, 2.05) is 45.0 Å². The SMILES string of the molecule is CCc1cccc(CN(CC(O)C(N)Cc2cc(F)cc(F)c2)C(=O)c2ccc3c(c2)C(=O)N(CC(C)C)C3=O)c1. The second-order valence-electron chi connectivity index (χ2n) is 10.9. The van der Waals surface area contributed by atoms with E-state index in [9.17, 15) is 28.3 Å². The van der Waals surface area contributed by atoms with Crippen LogP contribution in [0.3, 0.4) is 0 Å². The predicted octanol–water partition coefficient (Wildman–Crippen LogP) is 4.35. The van der Waals surface area contributed by atoms with Crippen LogP contribution in [0.5, 0.6) is 0 Å². The third-order valence-electron chi connectivity index (χ3n) is 7.12. The van der Waals surface area contributed by atoms with Crippen LogP contribution in [0.4, 0.5) is 8.78 Å². The number of halogens is 2. The lowest BCUT2D eigenvalue weighted by molar-refractivity contribution is 0.0554. The van der Waals surface area contributed by atoms with Gasteiger partial charge in [0.15, 0.2) is 0 Å². The average molecular weight is 564 g/mol. The highest BCUT2D eigenvalue weighted by Gasteiger charge is 2.36. The summed E-state index contributed by atoms with van der Waals surface area (Å²) < 4.78 is 27.4. The van der Waals surface area contributed by atoms with Crippen LogP contribution < -0.4 is 5.73 Å². The summed E-state index contributed by atoms with van der Waals surface area (Å²) in [6, 6.07) is 14.3. The topological polar surface area (TPSA) is 104 Å². The molecule has 2 unspecified atom stereocenters. The molecule has 2 atom stereocenters. The second-order valence-corrected chi connectivity index (χ2v) is 10.9. The van der Waals surface area contributed by atoms with Gasteiger partial charge in [0.25, 0.3) is 17.7 Å². The zero-order chi connectivity index (χ0) is 29.8. The normalized spacial score (nSPS) is 14.4. The summed E-state index contributed by atoms with van der Waals surface area (Å²) in [6.45, 7) is 6.09. The maximum Gasteiger partial charge on any atom is 0.261 e. The largest absolute Gasteiger partial charge is 0.390 e. The lowest BCUT2D eigenvalue weighted by Gasteiger charge is -2.28. The van der Waals surface area contributed by atoms with Crippen LogP contribution in [-0.2, 0) is 19.4 Å². The molecule has 0 spiro atoms. The van der Waals surface area contributed by atoms with E-state index in [4.69, 9.17) is 5.73 Å². The van der Waals surface area contributed by atoms with E-state index in [0.717, 1.165) is 35.7 Å². The molecule has 0 bridgehead atoms. The number of nitrogens with zero attached hydrogens (tertiary/aromatic N) is 2. The van der Waals surface area contributed by atoms with Crippen molar-refractivity contribution in [3.8, 4) is 0 Å². The van der Waals surface area contributed by atoms with E-state index in [-0.39, 0.29) is 60.1 Å². The maximum absolute atomic E-state index is 13.8. The third kappa shape index (κ3) is 7.04. The Morgan fingerprint density at radius 2 is 1.59 bits per heavy atom. The van der Waals surface area contributed by atoms with Crippen LogP contribution in [0.1, 0.15) is 68.5 Å². The Hall–Kier alpha value is -3.95. The van der Waals surface area contributed by atoms with Crippen molar-refractivity contribution in [3.05, 3.63) is 106 Å². The molecule has 0 aromatic heterocycles. The number of aliphatic hydroxyl groups is 1. The average Bonchev–Trinajstić information content (AvgIpc) is 3.15. The minimum absolute atomic E-state index is 0.00958. The molecule has 1 aliphatic heterocycles. The lowest BCUT2D eigenvalue weighted by atomic mass is 10.00. The Balaban J connectivity index is 1.60. The molecule has 3 aromatic carbocycles. The van der Waals surface area contributed by atoms with Crippen LogP contribution in [0.25, 0.3) is 0 Å². The molecule has 0 radical (unpaired) electrons. The summed E-state index contributed by atoms with van der Waals surface area (Å²) in [6.07, 6.45) is -0.434. The molecule has 41 heavy (non-hydrogen) atoms. The first kappa shape index (κ1) is 30.0. The van der Waals surface area contributed by atoms with Crippen LogP contribution >= 0.6 is 0 Å². The number of aliphatic hydroxyl groups excluding tert-OH is 1. The molecule has 3 aromatic rings. The molecule has 0 saturated carbocycles. The molecule has 216 valence electrons. The third-order valence-corrected chi connectivity index (χ3v) is 7.12. The van der Waals surface area contributed by atoms with E-state index >= 15 is 0 Å². The molecular formula is C32H35F2N3O4. The molecular weight excluding hydrogens is 528 g/mol. The second kappa shape index (κ2) is 12.7. The van der Waals surface area contributed by atoms with Crippen LogP contribution in [-0.4, -0.2) is 57.9 Å². The lowest BCUT2D eigenvalue weighted by Crippen LogP contribution is -2.46. The van der Waals surface area contributed by atoms with Crippen LogP contribution in [0.15, 0.2) is 60.7 Å². The number of carbonyl (C=O) groups excluding carboxylic acids is 3. The quantitative estimate of drug-likeness (QED) is 0.338. The summed E-state index contributed by atoms with van der Waals surface area (Å²) in [5, 5.41) is 11.0. The van der Waals surface area contributed by atoms with Crippen molar-refractivity contribution in [2.45, 2.75) is 52.3 Å². The van der Waals surface area contributed by atoms with Crippen molar-refractivity contribution < 1.29 is 28.3 Å². The van der Waals surface area contributed by atoms with Crippen molar-refractivity contribution in [1.29, 1.82) is 0 Å². The number of imide groups is 1.